The molecule has 0 fully saturated rings. The average Bonchev–Trinajstić information content (AvgIpc) is 3.22. The normalized spacial score (nSPS) is 13.9. The lowest BCUT2D eigenvalue weighted by molar-refractivity contribution is 0.325. The van der Waals surface area contributed by atoms with Crippen molar-refractivity contribution in [2.24, 2.45) is 0 Å². The fraction of sp³-hybridized carbons (Fsp3) is 0.375. The first kappa shape index (κ1) is 15.4. The van der Waals surface area contributed by atoms with E-state index in [0.717, 1.165) is 5.56 Å². The van der Waals surface area contributed by atoms with Crippen molar-refractivity contribution in [1.29, 1.82) is 0 Å². The summed E-state index contributed by atoms with van der Waals surface area (Å²) in [6, 6.07) is 6.03. The monoisotopic (exact) mass is 312 g/mol. The van der Waals surface area contributed by atoms with Gasteiger partial charge in [0.15, 0.2) is 0 Å². The second-order valence-corrected chi connectivity index (χ2v) is 5.63. The molecule has 0 aliphatic heterocycles. The van der Waals surface area contributed by atoms with E-state index in [9.17, 15) is 0 Å². The van der Waals surface area contributed by atoms with Crippen LogP contribution in [0.3, 0.4) is 0 Å². The molecular formula is C16H20N6O. The van der Waals surface area contributed by atoms with E-state index in [2.05, 4.69) is 39.4 Å². The Morgan fingerprint density at radius 1 is 1.30 bits per heavy atom. The fourth-order valence-corrected chi connectivity index (χ4v) is 2.23. The smallest absolute Gasteiger partial charge is 0.240 e. The number of nitrogens with one attached hydrogen (secondary N) is 1. The zero-order chi connectivity index (χ0) is 16.2. The molecule has 120 valence electrons. The van der Waals surface area contributed by atoms with E-state index in [-0.39, 0.29) is 12.1 Å². The minimum Gasteiger partial charge on any atom is -0.337 e. The van der Waals surface area contributed by atoms with E-state index in [1.54, 1.807) is 6.20 Å². The summed E-state index contributed by atoms with van der Waals surface area (Å²) in [6.45, 7) is 6.77. The highest BCUT2D eigenvalue weighted by atomic mass is 16.5. The number of nitrogens with zero attached hydrogens (tertiary/aromatic N) is 5. The summed E-state index contributed by atoms with van der Waals surface area (Å²) < 4.78 is 7.23. The number of rotatable bonds is 6. The highest BCUT2D eigenvalue weighted by Gasteiger charge is 2.16. The van der Waals surface area contributed by atoms with Gasteiger partial charge in [0.2, 0.25) is 11.7 Å². The number of aromatic nitrogens is 5. The molecule has 0 amide bonds. The lowest BCUT2D eigenvalue weighted by Crippen LogP contribution is -2.33. The van der Waals surface area contributed by atoms with Gasteiger partial charge in [-0.15, -0.1) is 0 Å². The molecule has 0 radical (unpaired) electrons. The van der Waals surface area contributed by atoms with Gasteiger partial charge in [0.05, 0.1) is 18.8 Å². The van der Waals surface area contributed by atoms with Crippen LogP contribution in [0.25, 0.3) is 11.5 Å². The molecule has 0 bridgehead atoms. The molecule has 3 aromatic heterocycles. The van der Waals surface area contributed by atoms with Crippen LogP contribution in [0.1, 0.15) is 31.3 Å². The van der Waals surface area contributed by atoms with Crippen LogP contribution in [0.2, 0.25) is 0 Å². The SMILES string of the molecule is Cc1cnn([C@@H](C)[C@@H](C)NCc2nc(-c3ccccn3)no2)c1. The molecule has 0 spiro atoms. The van der Waals surface area contributed by atoms with Crippen LogP contribution in [0.15, 0.2) is 41.3 Å². The van der Waals surface area contributed by atoms with Crippen LogP contribution in [-0.2, 0) is 6.54 Å². The maximum atomic E-state index is 5.27. The number of pyridine rings is 1. The first-order valence-electron chi connectivity index (χ1n) is 7.61. The van der Waals surface area contributed by atoms with E-state index >= 15 is 0 Å². The lowest BCUT2D eigenvalue weighted by Gasteiger charge is -2.20. The Bertz CT molecular complexity index is 751. The minimum absolute atomic E-state index is 0.208. The highest BCUT2D eigenvalue weighted by Crippen LogP contribution is 2.14. The van der Waals surface area contributed by atoms with E-state index < -0.39 is 0 Å². The molecule has 0 saturated heterocycles. The largest absolute Gasteiger partial charge is 0.337 e. The fourth-order valence-electron chi connectivity index (χ4n) is 2.23. The number of hydrogen-bond donors (Lipinski definition) is 1. The molecule has 3 heterocycles. The number of hydrogen-bond acceptors (Lipinski definition) is 6. The van der Waals surface area contributed by atoms with Gasteiger partial charge in [0, 0.05) is 18.4 Å². The molecule has 0 unspecified atom stereocenters. The van der Waals surface area contributed by atoms with Gasteiger partial charge in [-0.25, -0.2) is 0 Å². The summed E-state index contributed by atoms with van der Waals surface area (Å²) in [6.07, 6.45) is 5.61. The molecule has 7 nitrogen and oxygen atoms in total. The summed E-state index contributed by atoms with van der Waals surface area (Å²) in [5.74, 6) is 1.05. The van der Waals surface area contributed by atoms with Crippen LogP contribution in [0.4, 0.5) is 0 Å². The maximum Gasteiger partial charge on any atom is 0.240 e. The zero-order valence-electron chi connectivity index (χ0n) is 13.5. The summed E-state index contributed by atoms with van der Waals surface area (Å²) in [5.41, 5.74) is 1.86. The standard InChI is InChI=1S/C16H20N6O/c1-11-8-19-22(10-11)13(3)12(2)18-9-15-20-16(21-23-15)14-6-4-5-7-17-14/h4-8,10,12-13,18H,9H2,1-3H3/t12-,13+/m1/s1. The highest BCUT2D eigenvalue weighted by molar-refractivity contribution is 5.46. The second kappa shape index (κ2) is 6.70. The van der Waals surface area contributed by atoms with Crippen LogP contribution < -0.4 is 5.32 Å². The third-order valence-electron chi connectivity index (χ3n) is 3.81. The van der Waals surface area contributed by atoms with Crippen LogP contribution in [0, 0.1) is 6.92 Å². The Hall–Kier alpha value is -2.54. The summed E-state index contributed by atoms with van der Waals surface area (Å²) in [7, 11) is 0. The molecule has 0 aliphatic carbocycles. The number of aryl methyl sites for hydroxylation is 1. The molecule has 3 aromatic rings. The predicted octanol–water partition coefficient (Wildman–Crippen LogP) is 2.38. The average molecular weight is 312 g/mol. The van der Waals surface area contributed by atoms with Crippen molar-refractivity contribution in [1.82, 2.24) is 30.2 Å². The first-order chi connectivity index (χ1) is 11.1. The van der Waals surface area contributed by atoms with Gasteiger partial charge in [0.1, 0.15) is 5.69 Å². The van der Waals surface area contributed by atoms with Crippen molar-refractivity contribution in [3.8, 4) is 11.5 Å². The first-order valence-corrected chi connectivity index (χ1v) is 7.61. The summed E-state index contributed by atoms with van der Waals surface area (Å²) >= 11 is 0. The van der Waals surface area contributed by atoms with Gasteiger partial charge in [-0.3, -0.25) is 9.67 Å². The second-order valence-electron chi connectivity index (χ2n) is 5.63. The van der Waals surface area contributed by atoms with Crippen molar-refractivity contribution in [3.63, 3.8) is 0 Å². The molecule has 0 saturated carbocycles. The van der Waals surface area contributed by atoms with Gasteiger partial charge in [-0.1, -0.05) is 11.2 Å². The third kappa shape index (κ3) is 3.62. The zero-order valence-corrected chi connectivity index (χ0v) is 13.5. The van der Waals surface area contributed by atoms with Gasteiger partial charge < -0.3 is 9.84 Å². The maximum absolute atomic E-state index is 5.27. The van der Waals surface area contributed by atoms with Crippen molar-refractivity contribution in [2.45, 2.75) is 39.4 Å². The van der Waals surface area contributed by atoms with Crippen molar-refractivity contribution in [2.75, 3.05) is 0 Å². The molecule has 0 aromatic carbocycles. The predicted molar refractivity (Wildman–Crippen MR) is 85.5 cm³/mol. The molecule has 0 aliphatic rings. The Labute approximate surface area is 134 Å². The van der Waals surface area contributed by atoms with E-state index in [1.807, 2.05) is 42.2 Å². The van der Waals surface area contributed by atoms with Gasteiger partial charge in [-0.05, 0) is 38.5 Å². The van der Waals surface area contributed by atoms with Gasteiger partial charge in [0.25, 0.3) is 0 Å². The van der Waals surface area contributed by atoms with Crippen molar-refractivity contribution < 1.29 is 4.52 Å². The van der Waals surface area contributed by atoms with Crippen LogP contribution in [0.5, 0.6) is 0 Å². The van der Waals surface area contributed by atoms with Crippen molar-refractivity contribution in [3.05, 3.63) is 48.2 Å². The van der Waals surface area contributed by atoms with Crippen molar-refractivity contribution >= 4 is 0 Å². The molecule has 3 rings (SSSR count). The quantitative estimate of drug-likeness (QED) is 0.752. The Morgan fingerprint density at radius 2 is 2.17 bits per heavy atom. The molecule has 1 N–H and O–H groups in total. The van der Waals surface area contributed by atoms with E-state index in [4.69, 9.17) is 4.52 Å². The van der Waals surface area contributed by atoms with E-state index in [1.165, 1.54) is 0 Å². The Morgan fingerprint density at radius 3 is 2.87 bits per heavy atom. The molecule has 2 atom stereocenters. The molecule has 23 heavy (non-hydrogen) atoms. The van der Waals surface area contributed by atoms with Crippen LogP contribution >= 0.6 is 0 Å². The topological polar surface area (TPSA) is 81.7 Å². The minimum atomic E-state index is 0.208. The summed E-state index contributed by atoms with van der Waals surface area (Å²) in [4.78, 5) is 8.57. The Kier molecular flexibility index (Phi) is 4.47. The van der Waals surface area contributed by atoms with Gasteiger partial charge in [-0.2, -0.15) is 10.1 Å². The summed E-state index contributed by atoms with van der Waals surface area (Å²) in [5, 5.41) is 11.7. The van der Waals surface area contributed by atoms with E-state index in [0.29, 0.717) is 24.0 Å². The van der Waals surface area contributed by atoms with Gasteiger partial charge >= 0.3 is 0 Å². The Balaban J connectivity index is 1.59. The van der Waals surface area contributed by atoms with Crippen LogP contribution in [-0.4, -0.2) is 30.9 Å². The lowest BCUT2D eigenvalue weighted by atomic mass is 10.2. The third-order valence-corrected chi connectivity index (χ3v) is 3.81. The molecular weight excluding hydrogens is 292 g/mol. The molecule has 7 heteroatoms.